The van der Waals surface area contributed by atoms with Crippen molar-refractivity contribution in [2.45, 2.75) is 12.5 Å². The van der Waals surface area contributed by atoms with Crippen LogP contribution in [0.3, 0.4) is 0 Å². The summed E-state index contributed by atoms with van der Waals surface area (Å²) >= 11 is 0. The van der Waals surface area contributed by atoms with Crippen LogP contribution in [0, 0.1) is 0 Å². The van der Waals surface area contributed by atoms with Gasteiger partial charge in [0.25, 0.3) is 0 Å². The fraction of sp³-hybridized carbons (Fsp3) is 0.500. The fourth-order valence-electron chi connectivity index (χ4n) is 2.27. The Morgan fingerprint density at radius 2 is 2.10 bits per heavy atom. The Kier molecular flexibility index (Phi) is 3.46. The highest BCUT2D eigenvalue weighted by molar-refractivity contribution is 5.38. The lowest BCUT2D eigenvalue weighted by Crippen LogP contribution is -2.25. The first-order valence-corrected chi connectivity index (χ1v) is 6.62. The third kappa shape index (κ3) is 2.69. The molecule has 0 saturated carbocycles. The molecule has 106 valence electrons. The quantitative estimate of drug-likeness (QED) is 0.824. The Balaban J connectivity index is 1.85. The summed E-state index contributed by atoms with van der Waals surface area (Å²) in [5, 5.41) is 6.33. The van der Waals surface area contributed by atoms with Gasteiger partial charge in [-0.3, -0.25) is 4.57 Å². The van der Waals surface area contributed by atoms with Gasteiger partial charge in [-0.2, -0.15) is 15.0 Å². The summed E-state index contributed by atoms with van der Waals surface area (Å²) in [5.41, 5.74) is 0. The predicted octanol–water partition coefficient (Wildman–Crippen LogP) is 0.215. The lowest BCUT2D eigenvalue weighted by molar-refractivity contribution is 0.414. The number of rotatable bonds is 4. The highest BCUT2D eigenvalue weighted by atomic mass is 15.3. The summed E-state index contributed by atoms with van der Waals surface area (Å²) < 4.78 is 1.76. The van der Waals surface area contributed by atoms with Crippen LogP contribution >= 0.6 is 0 Å². The van der Waals surface area contributed by atoms with Gasteiger partial charge in [-0.15, -0.1) is 0 Å². The van der Waals surface area contributed by atoms with Gasteiger partial charge in [0.2, 0.25) is 17.8 Å². The molecule has 0 amide bonds. The second-order valence-electron chi connectivity index (χ2n) is 4.89. The number of imidazole rings is 1. The zero-order valence-corrected chi connectivity index (χ0v) is 11.6. The average Bonchev–Trinajstić information content (AvgIpc) is 3.10. The van der Waals surface area contributed by atoms with Gasteiger partial charge < -0.3 is 15.5 Å². The molecule has 3 rings (SSSR count). The monoisotopic (exact) mass is 274 g/mol. The SMILES string of the molecule is CNc1nc(NC2CCN(C)C2)nc(-n2ccnc2)n1. The Labute approximate surface area is 117 Å². The van der Waals surface area contributed by atoms with E-state index in [4.69, 9.17) is 0 Å². The van der Waals surface area contributed by atoms with E-state index in [2.05, 4.69) is 42.5 Å². The Morgan fingerprint density at radius 1 is 1.25 bits per heavy atom. The zero-order chi connectivity index (χ0) is 13.9. The lowest BCUT2D eigenvalue weighted by atomic mass is 10.3. The van der Waals surface area contributed by atoms with Gasteiger partial charge >= 0.3 is 0 Å². The molecule has 3 heterocycles. The van der Waals surface area contributed by atoms with Crippen LogP contribution in [-0.4, -0.2) is 62.6 Å². The third-order valence-electron chi connectivity index (χ3n) is 3.31. The molecule has 0 spiro atoms. The van der Waals surface area contributed by atoms with Gasteiger partial charge in [0.1, 0.15) is 6.33 Å². The third-order valence-corrected chi connectivity index (χ3v) is 3.31. The molecule has 0 aliphatic carbocycles. The molecule has 1 unspecified atom stereocenters. The van der Waals surface area contributed by atoms with E-state index in [0.29, 0.717) is 23.9 Å². The normalized spacial score (nSPS) is 19.2. The molecule has 8 nitrogen and oxygen atoms in total. The number of hydrogen-bond donors (Lipinski definition) is 2. The minimum absolute atomic E-state index is 0.378. The van der Waals surface area contributed by atoms with Crippen molar-refractivity contribution in [3.63, 3.8) is 0 Å². The first kappa shape index (κ1) is 12.8. The standard InChI is InChI=1S/C12H18N8/c1-13-10-16-11(15-9-3-5-19(2)7-9)18-12(17-10)20-6-4-14-8-20/h4,6,8-9H,3,5,7H2,1-2H3,(H2,13,15,16,17,18). The second kappa shape index (κ2) is 5.41. The van der Waals surface area contributed by atoms with Crippen molar-refractivity contribution in [3.8, 4) is 5.95 Å². The first-order chi connectivity index (χ1) is 9.74. The van der Waals surface area contributed by atoms with Crippen LogP contribution in [0.2, 0.25) is 0 Å². The molecule has 1 aliphatic rings. The van der Waals surface area contributed by atoms with Crippen molar-refractivity contribution in [2.24, 2.45) is 0 Å². The van der Waals surface area contributed by atoms with E-state index in [9.17, 15) is 0 Å². The number of likely N-dealkylation sites (tertiary alicyclic amines) is 1. The van der Waals surface area contributed by atoms with Crippen molar-refractivity contribution in [3.05, 3.63) is 18.7 Å². The summed E-state index contributed by atoms with van der Waals surface area (Å²) in [6.07, 6.45) is 6.27. The van der Waals surface area contributed by atoms with Crippen LogP contribution in [-0.2, 0) is 0 Å². The van der Waals surface area contributed by atoms with E-state index < -0.39 is 0 Å². The molecule has 0 bridgehead atoms. The van der Waals surface area contributed by atoms with Crippen LogP contribution in [0.4, 0.5) is 11.9 Å². The van der Waals surface area contributed by atoms with Crippen molar-refractivity contribution in [1.29, 1.82) is 0 Å². The van der Waals surface area contributed by atoms with Gasteiger partial charge in [-0.1, -0.05) is 0 Å². The number of aromatic nitrogens is 5. The molecule has 1 atom stereocenters. The maximum Gasteiger partial charge on any atom is 0.241 e. The molecule has 0 aromatic carbocycles. The maximum absolute atomic E-state index is 4.44. The lowest BCUT2D eigenvalue weighted by Gasteiger charge is -2.14. The van der Waals surface area contributed by atoms with Crippen LogP contribution < -0.4 is 10.6 Å². The molecular formula is C12H18N8. The predicted molar refractivity (Wildman–Crippen MR) is 76.0 cm³/mol. The summed E-state index contributed by atoms with van der Waals surface area (Å²) in [6.45, 7) is 2.09. The minimum atomic E-state index is 0.378. The average molecular weight is 274 g/mol. The molecular weight excluding hydrogens is 256 g/mol. The van der Waals surface area contributed by atoms with Crippen LogP contribution in [0.25, 0.3) is 5.95 Å². The van der Waals surface area contributed by atoms with Gasteiger partial charge in [-0.25, -0.2) is 4.98 Å². The van der Waals surface area contributed by atoms with Gasteiger partial charge in [-0.05, 0) is 20.0 Å². The van der Waals surface area contributed by atoms with E-state index in [1.165, 1.54) is 0 Å². The number of likely N-dealkylation sites (N-methyl/N-ethyl adjacent to an activating group) is 1. The molecule has 2 N–H and O–H groups in total. The Bertz CT molecular complexity index is 567. The molecule has 0 radical (unpaired) electrons. The van der Waals surface area contributed by atoms with Crippen molar-refractivity contribution in [2.75, 3.05) is 37.8 Å². The van der Waals surface area contributed by atoms with E-state index >= 15 is 0 Å². The summed E-state index contributed by atoms with van der Waals surface area (Å²) in [4.78, 5) is 19.4. The van der Waals surface area contributed by atoms with Crippen LogP contribution in [0.15, 0.2) is 18.7 Å². The molecule has 1 aliphatic heterocycles. The zero-order valence-electron chi connectivity index (χ0n) is 11.6. The van der Waals surface area contributed by atoms with Crippen molar-refractivity contribution in [1.82, 2.24) is 29.4 Å². The van der Waals surface area contributed by atoms with E-state index in [-0.39, 0.29) is 0 Å². The van der Waals surface area contributed by atoms with Crippen molar-refractivity contribution >= 4 is 11.9 Å². The van der Waals surface area contributed by atoms with Gasteiger partial charge in [0.05, 0.1) is 0 Å². The minimum Gasteiger partial charge on any atom is -0.357 e. The second-order valence-corrected chi connectivity index (χ2v) is 4.89. The van der Waals surface area contributed by atoms with Crippen molar-refractivity contribution < 1.29 is 0 Å². The molecule has 2 aromatic heterocycles. The van der Waals surface area contributed by atoms with E-state index in [1.54, 1.807) is 24.1 Å². The fourth-order valence-corrected chi connectivity index (χ4v) is 2.27. The Hall–Kier alpha value is -2.22. The van der Waals surface area contributed by atoms with E-state index in [0.717, 1.165) is 19.5 Å². The molecule has 20 heavy (non-hydrogen) atoms. The number of hydrogen-bond acceptors (Lipinski definition) is 7. The summed E-state index contributed by atoms with van der Waals surface area (Å²) in [5.74, 6) is 1.68. The highest BCUT2D eigenvalue weighted by Crippen LogP contribution is 2.14. The maximum atomic E-state index is 4.44. The van der Waals surface area contributed by atoms with Gasteiger partial charge in [0.15, 0.2) is 0 Å². The highest BCUT2D eigenvalue weighted by Gasteiger charge is 2.20. The first-order valence-electron chi connectivity index (χ1n) is 6.62. The van der Waals surface area contributed by atoms with E-state index in [1.807, 2.05) is 6.20 Å². The Morgan fingerprint density at radius 3 is 2.75 bits per heavy atom. The largest absolute Gasteiger partial charge is 0.357 e. The number of nitrogens with one attached hydrogen (secondary N) is 2. The molecule has 1 fully saturated rings. The van der Waals surface area contributed by atoms with Crippen LogP contribution in [0.5, 0.6) is 0 Å². The molecule has 8 heteroatoms. The van der Waals surface area contributed by atoms with Gasteiger partial charge in [0, 0.05) is 32.0 Å². The topological polar surface area (TPSA) is 83.8 Å². The summed E-state index contributed by atoms with van der Waals surface area (Å²) in [7, 11) is 3.91. The molecule has 1 saturated heterocycles. The molecule has 2 aromatic rings. The van der Waals surface area contributed by atoms with Crippen LogP contribution in [0.1, 0.15) is 6.42 Å². The number of nitrogens with zero attached hydrogens (tertiary/aromatic N) is 6. The summed E-state index contributed by atoms with van der Waals surface area (Å²) in [6, 6.07) is 0.378. The smallest absolute Gasteiger partial charge is 0.241 e. The number of anilines is 2.